The summed E-state index contributed by atoms with van der Waals surface area (Å²) in [4.78, 5) is 41.8. The van der Waals surface area contributed by atoms with Crippen LogP contribution in [0.4, 0.5) is 5.69 Å². The van der Waals surface area contributed by atoms with Crippen LogP contribution in [0.5, 0.6) is 5.75 Å². The molecule has 1 aromatic rings. The second-order valence-corrected chi connectivity index (χ2v) is 10.7. The maximum absolute atomic E-state index is 13.7. The molecule has 3 aliphatic heterocycles. The molecule has 1 spiro atoms. The third-order valence-electron chi connectivity index (χ3n) is 7.26. The number of thioether (sulfide) groups is 1. The Bertz CT molecular complexity index is 895. The molecule has 3 amide bonds. The number of anilines is 1. The Morgan fingerprint density at radius 1 is 1.18 bits per heavy atom. The Balaban J connectivity index is 1.59. The van der Waals surface area contributed by atoms with E-state index in [0.29, 0.717) is 18.0 Å². The lowest BCUT2D eigenvalue weighted by molar-refractivity contribution is -0.139. The Morgan fingerprint density at radius 3 is 2.58 bits per heavy atom. The first-order valence-corrected chi connectivity index (χ1v) is 12.6. The molecule has 0 radical (unpaired) electrons. The summed E-state index contributed by atoms with van der Waals surface area (Å²) in [5.41, 5.74) is 0.649. The summed E-state index contributed by atoms with van der Waals surface area (Å²) in [6, 6.07) is 6.53. The highest BCUT2D eigenvalue weighted by Crippen LogP contribution is 2.66. The Labute approximate surface area is 198 Å². The minimum Gasteiger partial charge on any atom is -0.497 e. The second-order valence-electron chi connectivity index (χ2n) is 9.06. The lowest BCUT2D eigenvalue weighted by Crippen LogP contribution is -2.51. The van der Waals surface area contributed by atoms with Gasteiger partial charge in [-0.3, -0.25) is 14.4 Å². The minimum atomic E-state index is -0.611. The van der Waals surface area contributed by atoms with Crippen LogP contribution in [0.3, 0.4) is 0 Å². The average molecular weight is 476 g/mol. The van der Waals surface area contributed by atoms with E-state index < -0.39 is 22.6 Å². The maximum Gasteiger partial charge on any atom is 0.248 e. The maximum atomic E-state index is 13.7. The molecule has 3 aliphatic rings. The molecule has 2 unspecified atom stereocenters. The normalized spacial score (nSPS) is 29.8. The Hall–Kier alpha value is -2.26. The van der Waals surface area contributed by atoms with Gasteiger partial charge >= 0.3 is 0 Å². The highest BCUT2D eigenvalue weighted by molar-refractivity contribution is 8.02. The van der Waals surface area contributed by atoms with Crippen LogP contribution in [0.2, 0.25) is 0 Å². The largest absolute Gasteiger partial charge is 0.497 e. The highest BCUT2D eigenvalue weighted by Gasteiger charge is 2.73. The van der Waals surface area contributed by atoms with Gasteiger partial charge in [0.05, 0.1) is 23.7 Å². The van der Waals surface area contributed by atoms with Gasteiger partial charge in [-0.1, -0.05) is 12.8 Å². The van der Waals surface area contributed by atoms with E-state index in [-0.39, 0.29) is 29.6 Å². The number of unbranched alkanes of at least 4 members (excludes halogenated alkanes) is 3. The summed E-state index contributed by atoms with van der Waals surface area (Å²) in [5, 5.41) is 14.8. The molecule has 3 saturated heterocycles. The van der Waals surface area contributed by atoms with E-state index in [1.165, 1.54) is 0 Å². The van der Waals surface area contributed by atoms with Crippen molar-refractivity contribution in [2.24, 2.45) is 11.8 Å². The average Bonchev–Trinajstić information content (AvgIpc) is 3.46. The van der Waals surface area contributed by atoms with Gasteiger partial charge in [0, 0.05) is 31.1 Å². The molecule has 9 heteroatoms. The lowest BCUT2D eigenvalue weighted by atomic mass is 9.71. The third kappa shape index (κ3) is 4.21. The van der Waals surface area contributed by atoms with Gasteiger partial charge in [0.1, 0.15) is 11.8 Å². The zero-order valence-electron chi connectivity index (χ0n) is 19.2. The molecule has 0 aromatic heterocycles. The van der Waals surface area contributed by atoms with E-state index in [4.69, 9.17) is 9.84 Å². The number of likely N-dealkylation sites (tertiary alicyclic amines) is 1. The number of methoxy groups -OCH3 is 1. The number of carbonyl (C=O) groups excluding carboxylic acids is 3. The smallest absolute Gasteiger partial charge is 0.248 e. The van der Waals surface area contributed by atoms with E-state index in [9.17, 15) is 14.4 Å². The molecule has 5 atom stereocenters. The third-order valence-corrected chi connectivity index (χ3v) is 9.21. The highest BCUT2D eigenvalue weighted by atomic mass is 32.2. The number of aliphatic hydroxyl groups is 1. The number of carbonyl (C=O) groups is 3. The molecule has 4 rings (SSSR count). The molecular formula is C24H33N3O5S. The monoisotopic (exact) mass is 475 g/mol. The fraction of sp³-hybridized carbons (Fsp3) is 0.625. The predicted octanol–water partition coefficient (Wildman–Crippen LogP) is 2.02. The van der Waals surface area contributed by atoms with Crippen molar-refractivity contribution in [2.75, 3.05) is 32.6 Å². The minimum absolute atomic E-state index is 0.0712. The molecule has 8 nitrogen and oxygen atoms in total. The molecule has 2 bridgehead atoms. The van der Waals surface area contributed by atoms with Gasteiger partial charge < -0.3 is 25.4 Å². The topological polar surface area (TPSA) is 108 Å². The lowest BCUT2D eigenvalue weighted by Gasteiger charge is -2.34. The first-order valence-electron chi connectivity index (χ1n) is 11.7. The van der Waals surface area contributed by atoms with Crippen LogP contribution >= 0.6 is 11.8 Å². The van der Waals surface area contributed by atoms with Gasteiger partial charge in [0.15, 0.2) is 0 Å². The van der Waals surface area contributed by atoms with E-state index in [2.05, 4.69) is 10.6 Å². The number of fused-ring (bicyclic) bond motifs is 1. The summed E-state index contributed by atoms with van der Waals surface area (Å²) in [5.74, 6) is -0.535. The summed E-state index contributed by atoms with van der Waals surface area (Å²) in [6.07, 6.45) is 4.85. The predicted molar refractivity (Wildman–Crippen MR) is 127 cm³/mol. The van der Waals surface area contributed by atoms with Crippen LogP contribution in [0.15, 0.2) is 24.3 Å². The zero-order chi connectivity index (χ0) is 23.6. The summed E-state index contributed by atoms with van der Waals surface area (Å²) >= 11 is 1.67. The molecule has 3 N–H and O–H groups in total. The molecule has 180 valence electrons. The molecule has 0 saturated carbocycles. The number of nitrogens with zero attached hydrogens (tertiary/aromatic N) is 1. The Kier molecular flexibility index (Phi) is 7.19. The molecular weight excluding hydrogens is 442 g/mol. The SMILES string of the molecule is CNC(=O)[C@@H]1[C@@H]2CCC3(S2)C(C(=O)Nc2ccc(OC)cc2)N(CCCCCCO)C(=O)[C@H]13. The van der Waals surface area contributed by atoms with E-state index in [1.54, 1.807) is 55.1 Å². The number of hydrogen-bond acceptors (Lipinski definition) is 6. The van der Waals surface area contributed by atoms with Gasteiger partial charge in [-0.15, -0.1) is 11.8 Å². The molecule has 0 aliphatic carbocycles. The number of rotatable bonds is 10. The van der Waals surface area contributed by atoms with Crippen molar-refractivity contribution in [2.45, 2.75) is 54.6 Å². The van der Waals surface area contributed by atoms with Gasteiger partial charge in [-0.25, -0.2) is 0 Å². The van der Waals surface area contributed by atoms with Crippen molar-refractivity contribution in [1.82, 2.24) is 10.2 Å². The summed E-state index contributed by atoms with van der Waals surface area (Å²) in [7, 11) is 3.20. The number of hydrogen-bond donors (Lipinski definition) is 3. The van der Waals surface area contributed by atoms with Crippen molar-refractivity contribution >= 4 is 35.2 Å². The number of aliphatic hydroxyl groups excluding tert-OH is 1. The van der Waals surface area contributed by atoms with Gasteiger partial charge in [0.2, 0.25) is 17.7 Å². The number of benzene rings is 1. The van der Waals surface area contributed by atoms with Crippen LogP contribution in [-0.4, -0.2) is 71.1 Å². The first kappa shape index (κ1) is 23.9. The van der Waals surface area contributed by atoms with Crippen molar-refractivity contribution in [3.63, 3.8) is 0 Å². The Morgan fingerprint density at radius 2 is 1.91 bits per heavy atom. The van der Waals surface area contributed by atoms with Crippen LogP contribution in [0.25, 0.3) is 0 Å². The van der Waals surface area contributed by atoms with Crippen LogP contribution in [0.1, 0.15) is 38.5 Å². The number of nitrogens with one attached hydrogen (secondary N) is 2. The number of ether oxygens (including phenoxy) is 1. The van der Waals surface area contributed by atoms with Crippen LogP contribution in [-0.2, 0) is 14.4 Å². The van der Waals surface area contributed by atoms with Crippen molar-refractivity contribution in [3.8, 4) is 5.75 Å². The summed E-state index contributed by atoms with van der Waals surface area (Å²) < 4.78 is 4.63. The number of amides is 3. The molecule has 33 heavy (non-hydrogen) atoms. The van der Waals surface area contributed by atoms with Crippen molar-refractivity contribution in [1.29, 1.82) is 0 Å². The summed E-state index contributed by atoms with van der Waals surface area (Å²) in [6.45, 7) is 0.640. The van der Waals surface area contributed by atoms with E-state index in [1.807, 2.05) is 0 Å². The molecule has 1 aromatic carbocycles. The fourth-order valence-electron chi connectivity index (χ4n) is 5.79. The zero-order valence-corrected chi connectivity index (χ0v) is 20.0. The quantitative estimate of drug-likeness (QED) is 0.447. The molecule has 3 heterocycles. The van der Waals surface area contributed by atoms with Crippen molar-refractivity contribution in [3.05, 3.63) is 24.3 Å². The fourth-order valence-corrected chi connectivity index (χ4v) is 8.01. The van der Waals surface area contributed by atoms with Crippen LogP contribution < -0.4 is 15.4 Å². The molecule has 3 fully saturated rings. The van der Waals surface area contributed by atoms with Crippen molar-refractivity contribution < 1.29 is 24.2 Å². The standard InChI is InChI=1S/C24H33N3O5S/c1-25-21(29)18-17-11-12-24(33-17)19(18)23(31)27(13-5-3-4-6-14-28)20(24)22(30)26-15-7-9-16(32-2)10-8-15/h7-10,17-20,28H,3-6,11-14H2,1-2H3,(H,25,29)(H,26,30)/t17-,18+,19-,20?,24?/m0/s1. The second kappa shape index (κ2) is 9.93. The van der Waals surface area contributed by atoms with E-state index >= 15 is 0 Å². The first-order chi connectivity index (χ1) is 16.0. The van der Waals surface area contributed by atoms with Gasteiger partial charge in [-0.2, -0.15) is 0 Å². The van der Waals surface area contributed by atoms with Gasteiger partial charge in [-0.05, 0) is 49.9 Å². The van der Waals surface area contributed by atoms with Gasteiger partial charge in [0.25, 0.3) is 0 Å². The van der Waals surface area contributed by atoms with E-state index in [0.717, 1.165) is 38.5 Å². The van der Waals surface area contributed by atoms with Crippen LogP contribution in [0, 0.1) is 11.8 Å².